The molecule has 0 spiro atoms. The molecule has 1 aromatic heterocycles. The molecule has 302 valence electrons. The molecule has 0 bridgehead atoms. The van der Waals surface area contributed by atoms with Crippen molar-refractivity contribution in [2.24, 2.45) is 27.6 Å². The maximum absolute atomic E-state index is 14.4. The van der Waals surface area contributed by atoms with Gasteiger partial charge in [-0.2, -0.15) is 0 Å². The summed E-state index contributed by atoms with van der Waals surface area (Å²) in [5.74, 6) is -2.87. The largest absolute Gasteiger partial charge is 0.508 e. The number of aromatic hydroxyl groups is 1. The molecule has 4 aromatic rings. The Kier molecular flexibility index (Phi) is 13.9. The number of aliphatic imine (C=N–C) groups is 1. The average Bonchev–Trinajstić information content (AvgIpc) is 3.78. The predicted molar refractivity (Wildman–Crippen MR) is 217 cm³/mol. The first kappa shape index (κ1) is 41.8. The summed E-state index contributed by atoms with van der Waals surface area (Å²) in [6, 6.07) is 20.2. The van der Waals surface area contributed by atoms with Gasteiger partial charge in [0.1, 0.15) is 23.9 Å². The third kappa shape index (κ3) is 10.9. The Morgan fingerprint density at radius 3 is 2.23 bits per heavy atom. The lowest BCUT2D eigenvalue weighted by Gasteiger charge is -2.28. The number of phenolic OH excluding ortho intramolecular Hbond substituents is 1. The van der Waals surface area contributed by atoms with E-state index in [1.165, 1.54) is 7.05 Å². The van der Waals surface area contributed by atoms with Crippen molar-refractivity contribution in [3.63, 3.8) is 0 Å². The number of hydrogen-bond acceptors (Lipinski definition) is 7. The normalized spacial score (nSPS) is 17.4. The fraction of sp³-hybridized carbons (Fsp3) is 0.381. The molecule has 0 saturated heterocycles. The standard InChI is InChI=1S/C42H53N9O6/c1-3-19-42(23-31(42)27-15-17-29(52)18-16-27)40(57)50-34(21-26-10-5-4-6-11-26)38(55)48-33(14-9-20-46-41(44)45)37(54)49-35(39(56)51(2)25-36(43)53)22-28-24-47-32-13-8-7-12-30(28)32/h4-8,10-13,15-18,24,31,33-35,47,52H,3,9,14,19-23,25H2,1-2H3,(H2,43,53)(H,48,55)(H,49,54)(H,50,57)(H4,44,45,46)/t31?,33-,34+,35-,42-/m0/s1. The van der Waals surface area contributed by atoms with E-state index < -0.39 is 47.2 Å². The number of phenols is 1. The Morgan fingerprint density at radius 1 is 0.877 bits per heavy atom. The van der Waals surface area contributed by atoms with Crippen LogP contribution in [-0.4, -0.2) is 88.7 Å². The van der Waals surface area contributed by atoms with Gasteiger partial charge in [0.2, 0.25) is 29.5 Å². The lowest BCUT2D eigenvalue weighted by atomic mass is 9.92. The van der Waals surface area contributed by atoms with Crippen LogP contribution in [0.2, 0.25) is 0 Å². The van der Waals surface area contributed by atoms with Gasteiger partial charge in [-0.3, -0.25) is 29.0 Å². The van der Waals surface area contributed by atoms with Crippen LogP contribution in [0.4, 0.5) is 0 Å². The van der Waals surface area contributed by atoms with Gasteiger partial charge < -0.3 is 48.1 Å². The highest BCUT2D eigenvalue weighted by atomic mass is 16.3. The molecule has 15 heteroatoms. The number of guanidine groups is 1. The van der Waals surface area contributed by atoms with Gasteiger partial charge in [-0.1, -0.05) is 74.0 Å². The molecule has 1 unspecified atom stereocenters. The van der Waals surface area contributed by atoms with Gasteiger partial charge >= 0.3 is 0 Å². The van der Waals surface area contributed by atoms with E-state index in [1.807, 2.05) is 73.7 Å². The number of carbonyl (C=O) groups excluding carboxylic acids is 5. The minimum Gasteiger partial charge on any atom is -0.508 e. The van der Waals surface area contributed by atoms with E-state index in [1.54, 1.807) is 18.3 Å². The second-order valence-electron chi connectivity index (χ2n) is 14.8. The van der Waals surface area contributed by atoms with E-state index in [-0.39, 0.29) is 55.9 Å². The Balaban J connectivity index is 1.41. The van der Waals surface area contributed by atoms with Crippen LogP contribution < -0.4 is 33.2 Å². The Bertz CT molecular complexity index is 2060. The summed E-state index contributed by atoms with van der Waals surface area (Å²) >= 11 is 0. The van der Waals surface area contributed by atoms with Gasteiger partial charge in [-0.15, -0.1) is 0 Å². The number of para-hydroxylation sites is 1. The fourth-order valence-electron chi connectivity index (χ4n) is 7.51. The zero-order chi connectivity index (χ0) is 41.1. The third-order valence-corrected chi connectivity index (χ3v) is 10.5. The Labute approximate surface area is 331 Å². The van der Waals surface area contributed by atoms with Gasteiger partial charge in [-0.25, -0.2) is 0 Å². The van der Waals surface area contributed by atoms with Crippen LogP contribution in [-0.2, 0) is 36.8 Å². The van der Waals surface area contributed by atoms with E-state index in [9.17, 15) is 29.1 Å². The fourth-order valence-corrected chi connectivity index (χ4v) is 7.51. The summed E-state index contributed by atoms with van der Waals surface area (Å²) in [4.78, 5) is 76.8. The second-order valence-corrected chi connectivity index (χ2v) is 14.8. The minimum absolute atomic E-state index is 0.0702. The van der Waals surface area contributed by atoms with E-state index in [4.69, 9.17) is 17.2 Å². The monoisotopic (exact) mass is 779 g/mol. The Morgan fingerprint density at radius 2 is 1.54 bits per heavy atom. The third-order valence-electron chi connectivity index (χ3n) is 10.5. The lowest BCUT2D eigenvalue weighted by molar-refractivity contribution is -0.138. The highest BCUT2D eigenvalue weighted by Gasteiger charge is 2.59. The average molecular weight is 780 g/mol. The van der Waals surface area contributed by atoms with Crippen LogP contribution in [0.1, 0.15) is 61.6 Å². The van der Waals surface area contributed by atoms with Crippen molar-refractivity contribution in [2.75, 3.05) is 20.1 Å². The first-order chi connectivity index (χ1) is 27.3. The molecule has 5 rings (SSSR count). The summed E-state index contributed by atoms with van der Waals surface area (Å²) in [5, 5.41) is 19.4. The molecule has 1 heterocycles. The number of nitrogens with one attached hydrogen (secondary N) is 4. The number of aromatic nitrogens is 1. The maximum Gasteiger partial charge on any atom is 0.245 e. The van der Waals surface area contributed by atoms with E-state index in [0.29, 0.717) is 19.3 Å². The first-order valence-electron chi connectivity index (χ1n) is 19.2. The molecule has 3 aromatic carbocycles. The molecule has 1 fully saturated rings. The van der Waals surface area contributed by atoms with Crippen molar-refractivity contribution in [1.29, 1.82) is 0 Å². The van der Waals surface area contributed by atoms with E-state index in [0.717, 1.165) is 38.9 Å². The molecule has 11 N–H and O–H groups in total. The summed E-state index contributed by atoms with van der Waals surface area (Å²) in [5.41, 5.74) is 19.1. The van der Waals surface area contributed by atoms with Gasteiger partial charge in [-0.05, 0) is 66.5 Å². The molecule has 1 aliphatic carbocycles. The number of aromatic amines is 1. The number of nitrogens with two attached hydrogens (primary N) is 3. The van der Waals surface area contributed by atoms with Crippen molar-refractivity contribution in [1.82, 2.24) is 25.8 Å². The molecule has 5 atom stereocenters. The predicted octanol–water partition coefficient (Wildman–Crippen LogP) is 2.08. The molecular weight excluding hydrogens is 727 g/mol. The molecule has 0 radical (unpaired) electrons. The van der Waals surface area contributed by atoms with Crippen LogP contribution in [0.3, 0.4) is 0 Å². The van der Waals surface area contributed by atoms with Gasteiger partial charge in [0.25, 0.3) is 0 Å². The van der Waals surface area contributed by atoms with Gasteiger partial charge in [0.15, 0.2) is 5.96 Å². The number of hydrogen-bond donors (Lipinski definition) is 8. The van der Waals surface area contributed by atoms with Crippen molar-refractivity contribution < 1.29 is 29.1 Å². The summed E-state index contributed by atoms with van der Waals surface area (Å²) in [6.45, 7) is 1.80. The molecule has 57 heavy (non-hydrogen) atoms. The van der Waals surface area contributed by atoms with Gasteiger partial charge in [0.05, 0.1) is 12.0 Å². The highest BCUT2D eigenvalue weighted by molar-refractivity contribution is 5.97. The zero-order valence-corrected chi connectivity index (χ0v) is 32.4. The quantitative estimate of drug-likeness (QED) is 0.0374. The number of primary amides is 1. The number of benzene rings is 3. The molecular formula is C42H53N9O6. The molecule has 15 nitrogen and oxygen atoms in total. The first-order valence-corrected chi connectivity index (χ1v) is 19.2. The molecule has 0 aliphatic heterocycles. The summed E-state index contributed by atoms with van der Waals surface area (Å²) < 4.78 is 0. The number of rotatable bonds is 20. The van der Waals surface area contributed by atoms with Crippen LogP contribution >= 0.6 is 0 Å². The maximum atomic E-state index is 14.4. The number of H-pyrrole nitrogens is 1. The highest BCUT2D eigenvalue weighted by Crippen LogP contribution is 2.62. The number of nitrogens with zero attached hydrogens (tertiary/aromatic N) is 2. The van der Waals surface area contributed by atoms with Crippen LogP contribution in [0.15, 0.2) is 90.1 Å². The number of carbonyl (C=O) groups is 5. The Hall–Kier alpha value is -6.38. The second kappa shape index (κ2) is 19.0. The van der Waals surface area contributed by atoms with Crippen LogP contribution in [0.5, 0.6) is 5.75 Å². The summed E-state index contributed by atoms with van der Waals surface area (Å²) in [6.07, 6.45) is 4.28. The van der Waals surface area contributed by atoms with Crippen molar-refractivity contribution >= 4 is 46.4 Å². The SMILES string of the molecule is CCC[C@]1(C(=O)N[C@H](Cc2ccccc2)C(=O)N[C@@H](CCCN=C(N)N)C(=O)N[C@@H](Cc2c[nH]c3ccccc23)C(=O)N(C)CC(N)=O)CC1c1ccc(O)cc1. The van der Waals surface area contributed by atoms with Gasteiger partial charge in [0, 0.05) is 43.5 Å². The molecule has 1 aliphatic rings. The number of fused-ring (bicyclic) bond motifs is 1. The zero-order valence-electron chi connectivity index (χ0n) is 32.4. The topological polar surface area (TPSA) is 251 Å². The van der Waals surface area contributed by atoms with E-state index >= 15 is 0 Å². The van der Waals surface area contributed by atoms with E-state index in [2.05, 4.69) is 25.9 Å². The summed E-state index contributed by atoms with van der Waals surface area (Å²) in [7, 11) is 1.42. The lowest BCUT2D eigenvalue weighted by Crippen LogP contribution is -2.58. The molecule has 1 saturated carbocycles. The molecule has 5 amide bonds. The number of likely N-dealkylation sites (N-methyl/N-ethyl adjacent to an activating group) is 1. The van der Waals surface area contributed by atoms with Crippen molar-refractivity contribution in [3.8, 4) is 5.75 Å². The van der Waals surface area contributed by atoms with Crippen LogP contribution in [0.25, 0.3) is 10.9 Å². The smallest absolute Gasteiger partial charge is 0.245 e. The van der Waals surface area contributed by atoms with Crippen molar-refractivity contribution in [3.05, 3.63) is 102 Å². The number of amides is 5. The minimum atomic E-state index is -1.17. The van der Waals surface area contributed by atoms with Crippen molar-refractivity contribution in [2.45, 2.75) is 75.9 Å². The van der Waals surface area contributed by atoms with Crippen LogP contribution in [0, 0.1) is 5.41 Å².